The third kappa shape index (κ3) is 3.42. The van der Waals surface area contributed by atoms with E-state index < -0.39 is 23.2 Å². The smallest absolute Gasteiger partial charge is 0.312 e. The Morgan fingerprint density at radius 2 is 2.11 bits per heavy atom. The van der Waals surface area contributed by atoms with E-state index in [1.807, 2.05) is 0 Å². The summed E-state index contributed by atoms with van der Waals surface area (Å²) in [6.45, 7) is 1.54. The lowest BCUT2D eigenvalue weighted by Gasteiger charge is -2.08. The van der Waals surface area contributed by atoms with Crippen molar-refractivity contribution in [2.75, 3.05) is 5.32 Å². The number of carboxylic acid groups (broad SMARTS) is 1. The van der Waals surface area contributed by atoms with Crippen molar-refractivity contribution in [1.29, 1.82) is 0 Å². The van der Waals surface area contributed by atoms with Gasteiger partial charge in [0.1, 0.15) is 11.4 Å². The zero-order valence-electron chi connectivity index (χ0n) is 9.27. The van der Waals surface area contributed by atoms with E-state index in [-0.39, 0.29) is 16.4 Å². The molecule has 0 radical (unpaired) electrons. The van der Waals surface area contributed by atoms with Crippen LogP contribution in [0.4, 0.5) is 11.4 Å². The number of anilines is 1. The van der Waals surface area contributed by atoms with Gasteiger partial charge in [-0.15, -0.1) is 0 Å². The lowest BCUT2D eigenvalue weighted by Crippen LogP contribution is -2.16. The molecule has 1 aromatic carbocycles. The van der Waals surface area contributed by atoms with Crippen molar-refractivity contribution < 1.29 is 19.6 Å². The average molecular weight is 273 g/mol. The number of benzene rings is 1. The van der Waals surface area contributed by atoms with E-state index in [0.717, 1.165) is 0 Å². The highest BCUT2D eigenvalue weighted by molar-refractivity contribution is 6.33. The van der Waals surface area contributed by atoms with Gasteiger partial charge in [0.15, 0.2) is 0 Å². The zero-order valence-corrected chi connectivity index (χ0v) is 10.0. The normalized spacial score (nSPS) is 9.89. The Balaban J connectivity index is 2.98. The van der Waals surface area contributed by atoms with Crippen molar-refractivity contribution in [2.45, 2.75) is 13.3 Å². The summed E-state index contributed by atoms with van der Waals surface area (Å²) in [5.41, 5.74) is 0.395. The number of aliphatic carboxylic acids is 1. The average Bonchev–Trinajstić information content (AvgIpc) is 2.21. The van der Waals surface area contributed by atoms with E-state index in [0.29, 0.717) is 5.56 Å². The third-order valence-electron chi connectivity index (χ3n) is 2.08. The number of carboxylic acids is 1. The first-order valence-electron chi connectivity index (χ1n) is 4.77. The van der Waals surface area contributed by atoms with Gasteiger partial charge in [0.2, 0.25) is 5.91 Å². The standard InChI is InChI=1S/C10H9ClN2O5/c1-5-2-8(13(17)18)6(11)3-7(5)12-9(14)4-10(15)16/h2-3H,4H2,1H3,(H,12,14)(H,15,16). The van der Waals surface area contributed by atoms with Crippen LogP contribution in [0.15, 0.2) is 12.1 Å². The van der Waals surface area contributed by atoms with E-state index in [9.17, 15) is 19.7 Å². The summed E-state index contributed by atoms with van der Waals surface area (Å²) in [6.07, 6.45) is -0.686. The van der Waals surface area contributed by atoms with E-state index in [1.54, 1.807) is 6.92 Å². The second-order valence-electron chi connectivity index (χ2n) is 3.49. The summed E-state index contributed by atoms with van der Waals surface area (Å²) in [5.74, 6) is -1.99. The number of amides is 1. The molecule has 0 saturated carbocycles. The summed E-state index contributed by atoms with van der Waals surface area (Å²) in [4.78, 5) is 31.5. The second-order valence-corrected chi connectivity index (χ2v) is 3.90. The summed E-state index contributed by atoms with van der Waals surface area (Å²) in [5, 5.41) is 21.2. The fourth-order valence-corrected chi connectivity index (χ4v) is 1.51. The van der Waals surface area contributed by atoms with Gasteiger partial charge in [-0.3, -0.25) is 19.7 Å². The fraction of sp³-hybridized carbons (Fsp3) is 0.200. The molecule has 2 N–H and O–H groups in total. The Labute approximate surface area is 107 Å². The first-order valence-corrected chi connectivity index (χ1v) is 5.15. The monoisotopic (exact) mass is 272 g/mol. The summed E-state index contributed by atoms with van der Waals surface area (Å²) < 4.78 is 0. The molecule has 96 valence electrons. The van der Waals surface area contributed by atoms with Crippen molar-refractivity contribution in [3.63, 3.8) is 0 Å². The van der Waals surface area contributed by atoms with Crippen molar-refractivity contribution >= 4 is 34.9 Å². The number of nitrogens with one attached hydrogen (secondary N) is 1. The van der Waals surface area contributed by atoms with Gasteiger partial charge in [0.05, 0.1) is 4.92 Å². The number of nitro groups is 1. The minimum Gasteiger partial charge on any atom is -0.481 e. The van der Waals surface area contributed by atoms with Gasteiger partial charge < -0.3 is 10.4 Å². The molecule has 0 aliphatic heterocycles. The van der Waals surface area contributed by atoms with Gasteiger partial charge >= 0.3 is 5.97 Å². The van der Waals surface area contributed by atoms with Crippen LogP contribution >= 0.6 is 11.6 Å². The first kappa shape index (κ1) is 13.9. The van der Waals surface area contributed by atoms with Crippen LogP contribution in [0.25, 0.3) is 0 Å². The molecule has 8 heteroatoms. The number of rotatable bonds is 4. The number of hydrogen-bond donors (Lipinski definition) is 2. The first-order chi connectivity index (χ1) is 8.31. The van der Waals surface area contributed by atoms with Gasteiger partial charge in [-0.1, -0.05) is 11.6 Å². The highest BCUT2D eigenvalue weighted by Crippen LogP contribution is 2.30. The van der Waals surface area contributed by atoms with Crippen LogP contribution in [0.3, 0.4) is 0 Å². The van der Waals surface area contributed by atoms with E-state index >= 15 is 0 Å². The topological polar surface area (TPSA) is 110 Å². The Morgan fingerprint density at radius 3 is 2.61 bits per heavy atom. The molecule has 1 aromatic rings. The number of hydrogen-bond acceptors (Lipinski definition) is 4. The zero-order chi connectivity index (χ0) is 13.9. The number of carbonyl (C=O) groups is 2. The lowest BCUT2D eigenvalue weighted by atomic mass is 10.1. The molecule has 1 amide bonds. The van der Waals surface area contributed by atoms with Crippen LogP contribution in [0, 0.1) is 17.0 Å². The number of carbonyl (C=O) groups excluding carboxylic acids is 1. The van der Waals surface area contributed by atoms with Crippen molar-refractivity contribution in [2.24, 2.45) is 0 Å². The Hall–Kier alpha value is -2.15. The third-order valence-corrected chi connectivity index (χ3v) is 2.38. The number of nitrogens with zero attached hydrogens (tertiary/aromatic N) is 1. The van der Waals surface area contributed by atoms with Crippen LogP contribution in [0.5, 0.6) is 0 Å². The Kier molecular flexibility index (Phi) is 4.22. The molecule has 0 aliphatic rings. The van der Waals surface area contributed by atoms with Crippen LogP contribution in [-0.2, 0) is 9.59 Å². The SMILES string of the molecule is Cc1cc([N+](=O)[O-])c(Cl)cc1NC(=O)CC(=O)O. The van der Waals surface area contributed by atoms with Gasteiger partial charge in [-0.2, -0.15) is 0 Å². The van der Waals surface area contributed by atoms with Crippen LogP contribution < -0.4 is 5.32 Å². The van der Waals surface area contributed by atoms with Crippen LogP contribution in [0.1, 0.15) is 12.0 Å². The molecule has 0 saturated heterocycles. The predicted octanol–water partition coefficient (Wildman–Crippen LogP) is 1.97. The van der Waals surface area contributed by atoms with Gasteiger partial charge in [-0.25, -0.2) is 0 Å². The molecule has 1 rings (SSSR count). The quantitative estimate of drug-likeness (QED) is 0.495. The Bertz CT molecular complexity index is 529. The summed E-state index contributed by atoms with van der Waals surface area (Å²) in [6, 6.07) is 2.42. The minimum atomic E-state index is -1.27. The molecular weight excluding hydrogens is 264 g/mol. The Morgan fingerprint density at radius 1 is 1.50 bits per heavy atom. The molecule has 0 bridgehead atoms. The molecule has 0 aromatic heterocycles. The van der Waals surface area contributed by atoms with E-state index in [2.05, 4.69) is 5.32 Å². The molecule has 0 aliphatic carbocycles. The molecule has 7 nitrogen and oxygen atoms in total. The predicted molar refractivity (Wildman–Crippen MR) is 63.7 cm³/mol. The highest BCUT2D eigenvalue weighted by atomic mass is 35.5. The van der Waals surface area contributed by atoms with Gasteiger partial charge in [0.25, 0.3) is 5.69 Å². The largest absolute Gasteiger partial charge is 0.481 e. The summed E-state index contributed by atoms with van der Waals surface area (Å²) in [7, 11) is 0. The van der Waals surface area contributed by atoms with Crippen LogP contribution in [0.2, 0.25) is 5.02 Å². The van der Waals surface area contributed by atoms with E-state index in [1.165, 1.54) is 12.1 Å². The molecular formula is C10H9ClN2O5. The number of nitro benzene ring substituents is 1. The molecule has 0 atom stereocenters. The maximum absolute atomic E-state index is 11.2. The highest BCUT2D eigenvalue weighted by Gasteiger charge is 2.16. The summed E-state index contributed by atoms with van der Waals surface area (Å²) >= 11 is 5.68. The molecule has 0 spiro atoms. The molecule has 0 unspecified atom stereocenters. The number of aryl methyl sites for hydroxylation is 1. The van der Waals surface area contributed by atoms with Crippen molar-refractivity contribution in [3.05, 3.63) is 32.8 Å². The van der Waals surface area contributed by atoms with Crippen molar-refractivity contribution in [1.82, 2.24) is 0 Å². The lowest BCUT2D eigenvalue weighted by molar-refractivity contribution is -0.384. The van der Waals surface area contributed by atoms with Crippen molar-refractivity contribution in [3.8, 4) is 0 Å². The van der Waals surface area contributed by atoms with Gasteiger partial charge in [0, 0.05) is 11.8 Å². The second kappa shape index (κ2) is 5.46. The molecule has 0 heterocycles. The van der Waals surface area contributed by atoms with E-state index in [4.69, 9.17) is 16.7 Å². The maximum Gasteiger partial charge on any atom is 0.312 e. The van der Waals surface area contributed by atoms with Crippen LogP contribution in [-0.4, -0.2) is 21.9 Å². The van der Waals surface area contributed by atoms with Gasteiger partial charge in [-0.05, 0) is 18.6 Å². The molecule has 0 fully saturated rings. The molecule has 18 heavy (non-hydrogen) atoms. The minimum absolute atomic E-state index is 0.128. The maximum atomic E-state index is 11.2. The number of halogens is 1. The fourth-order valence-electron chi connectivity index (χ4n) is 1.27.